The fraction of sp³-hybridized carbons (Fsp3) is 0.500. The highest BCUT2D eigenvalue weighted by atomic mass is 16.6. The summed E-state index contributed by atoms with van der Waals surface area (Å²) in [6.07, 6.45) is 9.54. The molecule has 18 nitrogen and oxygen atoms in total. The minimum atomic E-state index is -1.53. The van der Waals surface area contributed by atoms with Crippen molar-refractivity contribution in [1.82, 2.24) is 14.7 Å². The number of likely N-dealkylation sites (N-methyl/N-ethyl adjacent to an activating group) is 1. The van der Waals surface area contributed by atoms with Crippen molar-refractivity contribution in [2.45, 2.75) is 56.4 Å². The van der Waals surface area contributed by atoms with Crippen molar-refractivity contribution in [1.29, 1.82) is 0 Å². The van der Waals surface area contributed by atoms with E-state index in [1.165, 1.54) is 0 Å². The van der Waals surface area contributed by atoms with E-state index in [4.69, 9.17) is 59.7 Å². The van der Waals surface area contributed by atoms with Gasteiger partial charge in [-0.2, -0.15) is 0 Å². The van der Waals surface area contributed by atoms with Crippen LogP contribution in [0.5, 0.6) is 0 Å². The summed E-state index contributed by atoms with van der Waals surface area (Å²) in [4.78, 5) is 6.35. The average Bonchev–Trinajstić information content (AvgIpc) is 4.15. The van der Waals surface area contributed by atoms with Crippen LogP contribution in [0, 0.1) is 0 Å². The SMILES string of the molecule is CN1CCN(CC(O)(COCc2ccco2)COCc2ccco2)CCN(CC(O)(COCc2ccco2)COCc2ccco2)COC(COCc2ccco2)(COCc2ccco2)C1. The van der Waals surface area contributed by atoms with Crippen LogP contribution in [0.3, 0.4) is 0 Å². The standard InChI is InChI=1S/C48H63N3O15/c1-49-14-15-50(30-46(52,33-54-24-40-8-2-18-60-40)34-55-25-41-9-3-19-61-41)16-17-51(31-47(53,35-56-26-42-10-4-20-62-42)36-57-27-43-11-5-21-63-43)39-66-48(32-49,37-58-28-44-12-6-22-64-44)38-59-29-45-13-7-23-65-45/h2-13,18-23,52-53H,14-17,24-39H2,1H3. The second-order valence-electron chi connectivity index (χ2n) is 16.9. The Kier molecular flexibility index (Phi) is 18.9. The molecular weight excluding hydrogens is 859 g/mol. The van der Waals surface area contributed by atoms with Gasteiger partial charge in [-0.25, -0.2) is 0 Å². The maximum atomic E-state index is 12.4. The fourth-order valence-corrected chi connectivity index (χ4v) is 7.62. The Bertz CT molecular complexity index is 1970. The zero-order chi connectivity index (χ0) is 45.8. The van der Waals surface area contributed by atoms with Crippen molar-refractivity contribution < 1.29 is 69.9 Å². The highest BCUT2D eigenvalue weighted by Gasteiger charge is 2.39. The largest absolute Gasteiger partial charge is 0.467 e. The van der Waals surface area contributed by atoms with Crippen molar-refractivity contribution >= 4 is 0 Å². The highest BCUT2D eigenvalue weighted by molar-refractivity contribution is 5.01. The topological polar surface area (TPSA) is 194 Å². The number of aliphatic hydroxyl groups is 2. The van der Waals surface area contributed by atoms with Gasteiger partial charge in [0.15, 0.2) is 0 Å². The molecule has 1 aliphatic rings. The Morgan fingerprint density at radius 3 is 1.14 bits per heavy atom. The van der Waals surface area contributed by atoms with E-state index in [1.54, 1.807) is 61.8 Å². The molecule has 7 heterocycles. The minimum Gasteiger partial charge on any atom is -0.467 e. The van der Waals surface area contributed by atoms with Crippen LogP contribution in [0.25, 0.3) is 0 Å². The van der Waals surface area contributed by atoms with E-state index >= 15 is 0 Å². The molecule has 0 aromatic carbocycles. The van der Waals surface area contributed by atoms with Gasteiger partial charge in [0.25, 0.3) is 0 Å². The van der Waals surface area contributed by atoms with Gasteiger partial charge in [-0.05, 0) is 79.8 Å². The van der Waals surface area contributed by atoms with Crippen LogP contribution in [0.1, 0.15) is 34.6 Å². The Morgan fingerprint density at radius 2 is 0.788 bits per heavy atom. The molecule has 0 radical (unpaired) electrons. The second kappa shape index (κ2) is 25.4. The van der Waals surface area contributed by atoms with Crippen molar-refractivity contribution in [3.8, 4) is 0 Å². The molecule has 6 aromatic heterocycles. The number of rotatable bonds is 28. The Labute approximate surface area is 384 Å². The van der Waals surface area contributed by atoms with Gasteiger partial charge in [0.2, 0.25) is 0 Å². The second-order valence-corrected chi connectivity index (χ2v) is 16.9. The molecule has 0 saturated carbocycles. The van der Waals surface area contributed by atoms with E-state index in [1.807, 2.05) is 60.5 Å². The predicted octanol–water partition coefficient (Wildman–Crippen LogP) is 5.57. The molecule has 0 amide bonds. The summed E-state index contributed by atoms with van der Waals surface area (Å²) < 4.78 is 77.1. The molecule has 2 N–H and O–H groups in total. The molecule has 1 aliphatic heterocycles. The minimum absolute atomic E-state index is 0.0338. The maximum absolute atomic E-state index is 12.4. The van der Waals surface area contributed by atoms with Crippen LogP contribution in [0.15, 0.2) is 137 Å². The van der Waals surface area contributed by atoms with Crippen molar-refractivity contribution in [3.05, 3.63) is 145 Å². The first-order valence-electron chi connectivity index (χ1n) is 22.1. The third-order valence-electron chi connectivity index (χ3n) is 10.8. The van der Waals surface area contributed by atoms with E-state index in [2.05, 4.69) is 9.80 Å². The lowest BCUT2D eigenvalue weighted by atomic mass is 10.1. The van der Waals surface area contributed by atoms with Gasteiger partial charge in [0, 0.05) is 45.8 Å². The highest BCUT2D eigenvalue weighted by Crippen LogP contribution is 2.22. The maximum Gasteiger partial charge on any atom is 0.129 e. The molecule has 66 heavy (non-hydrogen) atoms. The van der Waals surface area contributed by atoms with Gasteiger partial charge in [-0.3, -0.25) is 9.80 Å². The first-order chi connectivity index (χ1) is 32.2. The molecular formula is C48H63N3O15. The van der Waals surface area contributed by atoms with Crippen LogP contribution in [0.2, 0.25) is 0 Å². The van der Waals surface area contributed by atoms with Gasteiger partial charge >= 0.3 is 0 Å². The summed E-state index contributed by atoms with van der Waals surface area (Å²) in [7, 11) is 2.02. The lowest BCUT2D eigenvalue weighted by molar-refractivity contribution is -0.184. The summed E-state index contributed by atoms with van der Waals surface area (Å²) in [5.41, 5.74) is -3.98. The normalized spacial score (nSPS) is 16.2. The summed E-state index contributed by atoms with van der Waals surface area (Å²) in [5, 5.41) is 24.8. The number of β-amino-alcohol motifs (C(OH)–C–C–N with tert-alkyl or cyclic N) is 2. The van der Waals surface area contributed by atoms with Crippen molar-refractivity contribution in [2.24, 2.45) is 0 Å². The number of hydrogen-bond donors (Lipinski definition) is 2. The molecule has 18 heteroatoms. The molecule has 0 bridgehead atoms. The summed E-state index contributed by atoms with van der Waals surface area (Å²) in [5.74, 6) is 3.86. The zero-order valence-corrected chi connectivity index (χ0v) is 37.6. The van der Waals surface area contributed by atoms with Crippen LogP contribution in [0.4, 0.5) is 0 Å². The molecule has 0 spiro atoms. The van der Waals surface area contributed by atoms with E-state index < -0.39 is 16.8 Å². The van der Waals surface area contributed by atoms with Crippen LogP contribution < -0.4 is 0 Å². The van der Waals surface area contributed by atoms with Crippen molar-refractivity contribution in [2.75, 3.05) is 99.2 Å². The zero-order valence-electron chi connectivity index (χ0n) is 37.6. The third kappa shape index (κ3) is 16.5. The molecule has 0 aliphatic carbocycles. The third-order valence-corrected chi connectivity index (χ3v) is 10.8. The average molecular weight is 922 g/mol. The van der Waals surface area contributed by atoms with Crippen LogP contribution in [-0.4, -0.2) is 141 Å². The van der Waals surface area contributed by atoms with E-state index in [0.717, 1.165) is 0 Å². The lowest BCUT2D eigenvalue weighted by Gasteiger charge is -2.39. The molecule has 7 rings (SSSR count). The predicted molar refractivity (Wildman–Crippen MR) is 234 cm³/mol. The fourth-order valence-electron chi connectivity index (χ4n) is 7.62. The summed E-state index contributed by atoms with van der Waals surface area (Å²) in [6, 6.07) is 21.8. The quantitative estimate of drug-likeness (QED) is 0.0620. The Balaban J connectivity index is 1.13. The lowest BCUT2D eigenvalue weighted by Crippen LogP contribution is -2.55. The molecule has 360 valence electrons. The van der Waals surface area contributed by atoms with E-state index in [0.29, 0.717) is 67.3 Å². The van der Waals surface area contributed by atoms with E-state index in [-0.39, 0.29) is 99.1 Å². The Morgan fingerprint density at radius 1 is 0.470 bits per heavy atom. The molecule has 6 aromatic rings. The number of hydrogen-bond acceptors (Lipinski definition) is 18. The number of ether oxygens (including phenoxy) is 7. The molecule has 0 atom stereocenters. The van der Waals surface area contributed by atoms with Gasteiger partial charge in [-0.15, -0.1) is 0 Å². The van der Waals surface area contributed by atoms with E-state index in [9.17, 15) is 10.2 Å². The Hall–Kier alpha value is -4.80. The van der Waals surface area contributed by atoms with Gasteiger partial charge in [-0.1, -0.05) is 0 Å². The summed E-state index contributed by atoms with van der Waals surface area (Å²) >= 11 is 0. The number of furan rings is 6. The monoisotopic (exact) mass is 921 g/mol. The first-order valence-corrected chi connectivity index (χ1v) is 22.1. The molecule has 1 fully saturated rings. The van der Waals surface area contributed by atoms with Gasteiger partial charge in [0.1, 0.15) is 97.7 Å². The molecule has 1 saturated heterocycles. The number of nitrogens with zero attached hydrogens (tertiary/aromatic N) is 3. The van der Waals surface area contributed by atoms with Gasteiger partial charge < -0.3 is 74.8 Å². The van der Waals surface area contributed by atoms with Crippen LogP contribution in [-0.2, 0) is 72.8 Å². The van der Waals surface area contributed by atoms with Gasteiger partial charge in [0.05, 0.1) is 77.2 Å². The first kappa shape index (κ1) is 49.1. The smallest absolute Gasteiger partial charge is 0.129 e. The van der Waals surface area contributed by atoms with Crippen molar-refractivity contribution in [3.63, 3.8) is 0 Å². The molecule has 0 unspecified atom stereocenters. The van der Waals surface area contributed by atoms with Crippen LogP contribution >= 0.6 is 0 Å². The summed E-state index contributed by atoms with van der Waals surface area (Å²) in [6.45, 7) is 3.87.